The summed E-state index contributed by atoms with van der Waals surface area (Å²) in [6.45, 7) is 0.792. The minimum Gasteiger partial charge on any atom is -0.383 e. The van der Waals surface area contributed by atoms with Crippen LogP contribution < -0.4 is 20.9 Å². The maximum Gasteiger partial charge on any atom is 0.323 e. The fourth-order valence-corrected chi connectivity index (χ4v) is 2.51. The fourth-order valence-electron chi connectivity index (χ4n) is 2.51. The molecule has 0 heterocycles. The summed E-state index contributed by atoms with van der Waals surface area (Å²) >= 11 is 0. The largest absolute Gasteiger partial charge is 0.383 e. The van der Waals surface area contributed by atoms with E-state index < -0.39 is 6.03 Å². The highest BCUT2D eigenvalue weighted by Gasteiger charge is 2.14. The van der Waals surface area contributed by atoms with E-state index in [1.165, 1.54) is 0 Å². The molecule has 0 aliphatic rings. The summed E-state index contributed by atoms with van der Waals surface area (Å²) in [6.07, 6.45) is 0. The van der Waals surface area contributed by atoms with Gasteiger partial charge in [-0.1, -0.05) is 6.07 Å². The third kappa shape index (κ3) is 5.72. The van der Waals surface area contributed by atoms with Gasteiger partial charge in [0.1, 0.15) is 0 Å². The van der Waals surface area contributed by atoms with E-state index in [9.17, 15) is 9.59 Å². The molecule has 0 atom stereocenters. The number of nitriles is 1. The third-order valence-corrected chi connectivity index (χ3v) is 3.82. The number of rotatable bonds is 7. The normalized spacial score (nSPS) is 9.93. The highest BCUT2D eigenvalue weighted by molar-refractivity contribution is 6.04. The molecule has 3 N–H and O–H groups in total. The molecule has 0 saturated carbocycles. The lowest BCUT2D eigenvalue weighted by atomic mass is 10.1. The number of amides is 3. The lowest BCUT2D eigenvalue weighted by Gasteiger charge is -2.18. The first-order valence-corrected chi connectivity index (χ1v) is 8.61. The zero-order valence-corrected chi connectivity index (χ0v) is 16.1. The second-order valence-electron chi connectivity index (χ2n) is 6.15. The van der Waals surface area contributed by atoms with Crippen molar-refractivity contribution in [3.63, 3.8) is 0 Å². The Morgan fingerprint density at radius 1 is 1.11 bits per heavy atom. The highest BCUT2D eigenvalue weighted by atomic mass is 16.5. The molecular formula is C20H23N5O3. The van der Waals surface area contributed by atoms with Crippen molar-refractivity contribution in [3.8, 4) is 6.07 Å². The zero-order chi connectivity index (χ0) is 20.5. The number of ether oxygens (including phenoxy) is 1. The van der Waals surface area contributed by atoms with E-state index in [0.717, 1.165) is 5.69 Å². The van der Waals surface area contributed by atoms with Crippen molar-refractivity contribution in [3.05, 3.63) is 53.6 Å². The van der Waals surface area contributed by atoms with E-state index in [2.05, 4.69) is 16.0 Å². The number of urea groups is 1. The van der Waals surface area contributed by atoms with Crippen LogP contribution in [0.4, 0.5) is 21.9 Å². The number of nitrogens with one attached hydrogen (secondary N) is 3. The molecular weight excluding hydrogens is 358 g/mol. The van der Waals surface area contributed by atoms with Crippen molar-refractivity contribution >= 4 is 29.0 Å². The molecule has 0 saturated heterocycles. The first-order valence-electron chi connectivity index (χ1n) is 8.61. The second kappa shape index (κ2) is 9.94. The Morgan fingerprint density at radius 2 is 1.82 bits per heavy atom. The topological polar surface area (TPSA) is 106 Å². The average Bonchev–Trinajstić information content (AvgIpc) is 2.67. The number of anilines is 3. The molecule has 2 rings (SSSR count). The van der Waals surface area contributed by atoms with E-state index in [1.807, 2.05) is 25.1 Å². The van der Waals surface area contributed by atoms with Crippen LogP contribution in [0.2, 0.25) is 0 Å². The summed E-state index contributed by atoms with van der Waals surface area (Å²) in [6, 6.07) is 13.2. The zero-order valence-electron chi connectivity index (χ0n) is 16.1. The van der Waals surface area contributed by atoms with Gasteiger partial charge in [0, 0.05) is 44.8 Å². The number of hydrogen-bond acceptors (Lipinski definition) is 5. The van der Waals surface area contributed by atoms with Crippen LogP contribution in [0.1, 0.15) is 15.9 Å². The Kier molecular flexibility index (Phi) is 7.37. The Bertz CT molecular complexity index is 890. The van der Waals surface area contributed by atoms with Crippen molar-refractivity contribution in [2.75, 3.05) is 49.9 Å². The van der Waals surface area contributed by atoms with Crippen LogP contribution in [-0.2, 0) is 4.74 Å². The van der Waals surface area contributed by atoms with Gasteiger partial charge in [-0.25, -0.2) is 4.79 Å². The van der Waals surface area contributed by atoms with Gasteiger partial charge in [-0.05, 0) is 36.4 Å². The van der Waals surface area contributed by atoms with Crippen LogP contribution in [0.5, 0.6) is 0 Å². The first kappa shape index (κ1) is 20.7. The van der Waals surface area contributed by atoms with Gasteiger partial charge in [0.2, 0.25) is 0 Å². The van der Waals surface area contributed by atoms with Crippen molar-refractivity contribution in [1.82, 2.24) is 5.32 Å². The molecule has 8 nitrogen and oxygen atoms in total. The van der Waals surface area contributed by atoms with Crippen LogP contribution in [0.15, 0.2) is 42.5 Å². The van der Waals surface area contributed by atoms with E-state index in [-0.39, 0.29) is 5.91 Å². The van der Waals surface area contributed by atoms with Crippen molar-refractivity contribution in [1.29, 1.82) is 5.26 Å². The second-order valence-corrected chi connectivity index (χ2v) is 6.15. The molecule has 0 unspecified atom stereocenters. The Hall–Kier alpha value is -3.57. The van der Waals surface area contributed by atoms with Crippen molar-refractivity contribution < 1.29 is 14.3 Å². The summed E-state index contributed by atoms with van der Waals surface area (Å²) in [5.74, 6) is -0.258. The minimum atomic E-state index is -0.474. The van der Waals surface area contributed by atoms with E-state index in [0.29, 0.717) is 35.7 Å². The van der Waals surface area contributed by atoms with Gasteiger partial charge < -0.3 is 25.6 Å². The summed E-state index contributed by atoms with van der Waals surface area (Å²) in [5.41, 5.74) is 2.58. The van der Waals surface area contributed by atoms with Gasteiger partial charge in [-0.2, -0.15) is 5.26 Å². The summed E-state index contributed by atoms with van der Waals surface area (Å²) in [4.78, 5) is 26.6. The number of benzene rings is 2. The number of carbonyl (C=O) groups excluding carboxylic acids is 2. The molecule has 2 aromatic rings. The molecule has 8 heteroatoms. The van der Waals surface area contributed by atoms with Crippen LogP contribution in [0.25, 0.3) is 0 Å². The molecule has 3 amide bonds. The summed E-state index contributed by atoms with van der Waals surface area (Å²) in [5, 5.41) is 17.1. The lowest BCUT2D eigenvalue weighted by Crippen LogP contribution is -2.29. The Balaban J connectivity index is 2.14. The van der Waals surface area contributed by atoms with Gasteiger partial charge in [0.15, 0.2) is 0 Å². The van der Waals surface area contributed by atoms with Crippen LogP contribution in [0, 0.1) is 11.3 Å². The first-order chi connectivity index (χ1) is 13.4. The van der Waals surface area contributed by atoms with Gasteiger partial charge in [0.05, 0.1) is 23.8 Å². The predicted molar refractivity (Wildman–Crippen MR) is 109 cm³/mol. The molecule has 0 fully saturated rings. The van der Waals surface area contributed by atoms with Crippen LogP contribution in [-0.4, -0.2) is 46.3 Å². The smallest absolute Gasteiger partial charge is 0.323 e. The Labute approximate surface area is 164 Å². The lowest BCUT2D eigenvalue weighted by molar-refractivity contribution is 0.0937. The van der Waals surface area contributed by atoms with Gasteiger partial charge in [-0.3, -0.25) is 4.79 Å². The monoisotopic (exact) mass is 381 g/mol. The molecule has 0 bridgehead atoms. The highest BCUT2D eigenvalue weighted by Crippen LogP contribution is 2.23. The van der Waals surface area contributed by atoms with Gasteiger partial charge in [-0.15, -0.1) is 0 Å². The molecule has 0 aliphatic heterocycles. The summed E-state index contributed by atoms with van der Waals surface area (Å²) in [7, 11) is 5.24. The maximum absolute atomic E-state index is 12.5. The molecule has 0 aliphatic carbocycles. The number of carbonyl (C=O) groups is 2. The standard InChI is InChI=1S/C20H23N5O3/c1-25(2)18-8-7-16(12-17(18)19(26)22-9-10-28-3)24-20(27)23-15-6-4-5-14(11-15)13-21/h4-8,11-12H,9-10H2,1-3H3,(H,22,26)(H2,23,24,27). The SMILES string of the molecule is COCCNC(=O)c1cc(NC(=O)Nc2cccc(C#N)c2)ccc1N(C)C. The van der Waals surface area contributed by atoms with E-state index >= 15 is 0 Å². The fraction of sp³-hybridized carbons (Fsp3) is 0.250. The van der Waals surface area contributed by atoms with E-state index in [4.69, 9.17) is 10.00 Å². The quantitative estimate of drug-likeness (QED) is 0.639. The third-order valence-electron chi connectivity index (χ3n) is 3.82. The molecule has 0 spiro atoms. The summed E-state index contributed by atoms with van der Waals surface area (Å²) < 4.78 is 4.94. The molecule has 0 radical (unpaired) electrons. The molecule has 0 aromatic heterocycles. The van der Waals surface area contributed by atoms with Gasteiger partial charge in [0.25, 0.3) is 5.91 Å². The van der Waals surface area contributed by atoms with Crippen molar-refractivity contribution in [2.45, 2.75) is 0 Å². The van der Waals surface area contributed by atoms with Gasteiger partial charge >= 0.3 is 6.03 Å². The number of hydrogen-bond donors (Lipinski definition) is 3. The van der Waals surface area contributed by atoms with Crippen LogP contribution in [0.3, 0.4) is 0 Å². The maximum atomic E-state index is 12.5. The number of nitrogens with zero attached hydrogens (tertiary/aromatic N) is 2. The minimum absolute atomic E-state index is 0.258. The Morgan fingerprint density at radius 3 is 2.46 bits per heavy atom. The van der Waals surface area contributed by atoms with E-state index in [1.54, 1.807) is 49.6 Å². The van der Waals surface area contributed by atoms with Crippen LogP contribution >= 0.6 is 0 Å². The average molecular weight is 381 g/mol. The molecule has 146 valence electrons. The molecule has 2 aromatic carbocycles. The van der Waals surface area contributed by atoms with Crippen molar-refractivity contribution in [2.24, 2.45) is 0 Å². The number of methoxy groups -OCH3 is 1. The predicted octanol–water partition coefficient (Wildman–Crippen LogP) is 2.64. The molecule has 28 heavy (non-hydrogen) atoms.